The van der Waals surface area contributed by atoms with Crippen molar-refractivity contribution in [3.63, 3.8) is 0 Å². The van der Waals surface area contributed by atoms with E-state index in [1.807, 2.05) is 12.1 Å². The first kappa shape index (κ1) is 17.9. The number of hydrogen-bond donors (Lipinski definition) is 2. The first-order valence-electron chi connectivity index (χ1n) is 8.49. The van der Waals surface area contributed by atoms with Crippen LogP contribution in [0.1, 0.15) is 64.5 Å². The van der Waals surface area contributed by atoms with Crippen molar-refractivity contribution in [1.29, 1.82) is 0 Å². The van der Waals surface area contributed by atoms with Gasteiger partial charge in [0.15, 0.2) is 0 Å². The predicted molar refractivity (Wildman–Crippen MR) is 89.7 cm³/mol. The molecule has 1 saturated carbocycles. The number of hydrogen-bond acceptors (Lipinski definition) is 2. The van der Waals surface area contributed by atoms with Gasteiger partial charge in [0.1, 0.15) is 5.82 Å². The number of carboxylic acid groups (broad SMARTS) is 1. The molecule has 1 aliphatic carbocycles. The number of halogens is 1. The van der Waals surface area contributed by atoms with Crippen LogP contribution in [-0.2, 0) is 4.79 Å². The molecular weight excluding hydrogens is 293 g/mol. The van der Waals surface area contributed by atoms with Crippen LogP contribution >= 0.6 is 0 Å². The molecule has 1 aromatic rings. The smallest absolute Gasteiger partial charge is 0.306 e. The summed E-state index contributed by atoms with van der Waals surface area (Å²) < 4.78 is 13.2. The van der Waals surface area contributed by atoms with Gasteiger partial charge in [0.25, 0.3) is 0 Å². The zero-order valence-corrected chi connectivity index (χ0v) is 14.3. The summed E-state index contributed by atoms with van der Waals surface area (Å²) in [6.07, 6.45) is 4.20. The van der Waals surface area contributed by atoms with Gasteiger partial charge in [-0.2, -0.15) is 0 Å². The zero-order valence-electron chi connectivity index (χ0n) is 14.3. The van der Waals surface area contributed by atoms with E-state index in [0.29, 0.717) is 6.04 Å². The summed E-state index contributed by atoms with van der Waals surface area (Å²) in [5.74, 6) is -1.08. The number of rotatable bonds is 5. The maximum atomic E-state index is 13.2. The van der Waals surface area contributed by atoms with E-state index in [1.54, 1.807) is 0 Å². The first-order chi connectivity index (χ1) is 10.7. The van der Waals surface area contributed by atoms with Gasteiger partial charge in [0, 0.05) is 12.1 Å². The fourth-order valence-electron chi connectivity index (χ4n) is 3.37. The Morgan fingerprint density at radius 3 is 2.26 bits per heavy atom. The lowest BCUT2D eigenvalue weighted by atomic mass is 9.82. The van der Waals surface area contributed by atoms with Gasteiger partial charge in [0.2, 0.25) is 0 Å². The minimum atomic E-state index is -0.673. The van der Waals surface area contributed by atoms with E-state index in [-0.39, 0.29) is 23.2 Å². The van der Waals surface area contributed by atoms with Gasteiger partial charge in [-0.05, 0) is 55.2 Å². The summed E-state index contributed by atoms with van der Waals surface area (Å²) in [7, 11) is 0. The summed E-state index contributed by atoms with van der Waals surface area (Å²) in [5, 5.41) is 12.8. The summed E-state index contributed by atoms with van der Waals surface area (Å²) in [5.41, 5.74) is 1.26. The second-order valence-corrected chi connectivity index (χ2v) is 7.92. The van der Waals surface area contributed by atoms with E-state index >= 15 is 0 Å². The third-order valence-electron chi connectivity index (χ3n) is 4.60. The van der Waals surface area contributed by atoms with Gasteiger partial charge in [-0.25, -0.2) is 4.39 Å². The van der Waals surface area contributed by atoms with Crippen LogP contribution in [0.2, 0.25) is 0 Å². The molecule has 0 bridgehead atoms. The van der Waals surface area contributed by atoms with Crippen LogP contribution in [-0.4, -0.2) is 17.1 Å². The molecule has 1 fully saturated rings. The highest BCUT2D eigenvalue weighted by Gasteiger charge is 2.28. The average Bonchev–Trinajstić information content (AvgIpc) is 2.46. The van der Waals surface area contributed by atoms with Crippen molar-refractivity contribution in [2.75, 3.05) is 0 Å². The molecule has 1 unspecified atom stereocenters. The van der Waals surface area contributed by atoms with Crippen LogP contribution in [0.25, 0.3) is 0 Å². The lowest BCUT2D eigenvalue weighted by Gasteiger charge is -2.34. The third-order valence-corrected chi connectivity index (χ3v) is 4.60. The van der Waals surface area contributed by atoms with Crippen molar-refractivity contribution >= 4 is 5.97 Å². The summed E-state index contributed by atoms with van der Waals surface area (Å²) >= 11 is 0. The second-order valence-electron chi connectivity index (χ2n) is 7.92. The minimum absolute atomic E-state index is 0.157. The Morgan fingerprint density at radius 1 is 1.22 bits per heavy atom. The van der Waals surface area contributed by atoms with E-state index in [2.05, 4.69) is 26.1 Å². The summed E-state index contributed by atoms with van der Waals surface area (Å²) in [6, 6.07) is 7.22. The van der Waals surface area contributed by atoms with Gasteiger partial charge in [0.05, 0.1) is 5.92 Å². The molecule has 0 aliphatic heterocycles. The number of benzene rings is 1. The standard InChI is InChI=1S/C19H28FNO2/c1-19(2,3)12-17(13-4-8-15(20)9-5-13)21-16-10-6-14(7-11-16)18(22)23/h4-5,8-9,14,16-17,21H,6-7,10-12H2,1-3H3,(H,22,23). The van der Waals surface area contributed by atoms with E-state index in [0.717, 1.165) is 37.7 Å². The number of nitrogens with one attached hydrogen (secondary N) is 1. The molecule has 0 spiro atoms. The topological polar surface area (TPSA) is 49.3 Å². The van der Waals surface area contributed by atoms with Crippen LogP contribution in [0.3, 0.4) is 0 Å². The maximum Gasteiger partial charge on any atom is 0.306 e. The van der Waals surface area contributed by atoms with Crippen LogP contribution in [0.5, 0.6) is 0 Å². The van der Waals surface area contributed by atoms with E-state index < -0.39 is 5.97 Å². The van der Waals surface area contributed by atoms with Crippen molar-refractivity contribution in [2.24, 2.45) is 11.3 Å². The monoisotopic (exact) mass is 321 g/mol. The Bertz CT molecular complexity index is 513. The number of aliphatic carboxylic acids is 1. The second kappa shape index (κ2) is 7.43. The van der Waals surface area contributed by atoms with Crippen LogP contribution in [0.4, 0.5) is 4.39 Å². The predicted octanol–water partition coefficient (Wildman–Crippen LogP) is 4.54. The molecule has 1 aliphatic rings. The van der Waals surface area contributed by atoms with Crippen molar-refractivity contribution in [3.05, 3.63) is 35.6 Å². The van der Waals surface area contributed by atoms with Gasteiger partial charge in [-0.1, -0.05) is 32.9 Å². The van der Waals surface area contributed by atoms with Crippen molar-refractivity contribution in [3.8, 4) is 0 Å². The molecule has 4 heteroatoms. The average molecular weight is 321 g/mol. The molecule has 1 atom stereocenters. The highest BCUT2D eigenvalue weighted by Crippen LogP contribution is 2.32. The SMILES string of the molecule is CC(C)(C)CC(NC1CCC(C(=O)O)CC1)c1ccc(F)cc1. The van der Waals surface area contributed by atoms with Gasteiger partial charge < -0.3 is 10.4 Å². The minimum Gasteiger partial charge on any atom is -0.481 e. The van der Waals surface area contributed by atoms with Gasteiger partial charge >= 0.3 is 5.97 Å². The molecule has 0 heterocycles. The molecule has 23 heavy (non-hydrogen) atoms. The largest absolute Gasteiger partial charge is 0.481 e. The Labute approximate surface area is 138 Å². The van der Waals surface area contributed by atoms with Crippen molar-refractivity contribution < 1.29 is 14.3 Å². The van der Waals surface area contributed by atoms with E-state index in [4.69, 9.17) is 5.11 Å². The lowest BCUT2D eigenvalue weighted by molar-refractivity contribution is -0.142. The number of carboxylic acids is 1. The summed E-state index contributed by atoms with van der Waals surface area (Å²) in [4.78, 5) is 11.1. The Balaban J connectivity index is 2.03. The molecular formula is C19H28FNO2. The van der Waals surface area contributed by atoms with Crippen molar-refractivity contribution in [1.82, 2.24) is 5.32 Å². The number of carbonyl (C=O) groups is 1. The fraction of sp³-hybridized carbons (Fsp3) is 0.632. The quantitative estimate of drug-likeness (QED) is 0.837. The van der Waals surface area contributed by atoms with Crippen LogP contribution < -0.4 is 5.32 Å². The Hall–Kier alpha value is -1.42. The first-order valence-corrected chi connectivity index (χ1v) is 8.49. The summed E-state index contributed by atoms with van der Waals surface area (Å²) in [6.45, 7) is 6.60. The molecule has 128 valence electrons. The maximum absolute atomic E-state index is 13.2. The molecule has 0 radical (unpaired) electrons. The molecule has 0 aromatic heterocycles. The molecule has 0 saturated heterocycles. The fourth-order valence-corrected chi connectivity index (χ4v) is 3.37. The van der Waals surface area contributed by atoms with Gasteiger partial charge in [-0.15, -0.1) is 0 Å². The Kier molecular flexibility index (Phi) is 5.79. The molecule has 3 nitrogen and oxygen atoms in total. The zero-order chi connectivity index (χ0) is 17.0. The van der Waals surface area contributed by atoms with Crippen LogP contribution in [0.15, 0.2) is 24.3 Å². The van der Waals surface area contributed by atoms with Crippen molar-refractivity contribution in [2.45, 2.75) is 65.0 Å². The molecule has 2 rings (SSSR count). The van der Waals surface area contributed by atoms with Crippen LogP contribution in [0, 0.1) is 17.2 Å². The van der Waals surface area contributed by atoms with Gasteiger partial charge in [-0.3, -0.25) is 4.79 Å². The molecule has 2 N–H and O–H groups in total. The third kappa shape index (κ3) is 5.61. The molecule has 1 aromatic carbocycles. The highest BCUT2D eigenvalue weighted by atomic mass is 19.1. The lowest BCUT2D eigenvalue weighted by Crippen LogP contribution is -2.38. The van der Waals surface area contributed by atoms with E-state index in [1.165, 1.54) is 12.1 Å². The highest BCUT2D eigenvalue weighted by molar-refractivity contribution is 5.70. The normalized spacial score (nSPS) is 23.5. The Morgan fingerprint density at radius 2 is 1.78 bits per heavy atom. The van der Waals surface area contributed by atoms with E-state index in [9.17, 15) is 9.18 Å². The molecule has 0 amide bonds.